The van der Waals surface area contributed by atoms with E-state index in [1.54, 1.807) is 0 Å². The van der Waals surface area contributed by atoms with E-state index in [1.165, 1.54) is 4.31 Å². The number of halogens is 2. The lowest BCUT2D eigenvalue weighted by molar-refractivity contribution is 0.439. The predicted octanol–water partition coefficient (Wildman–Crippen LogP) is 0.923. The molecule has 0 unspecified atom stereocenters. The quantitative estimate of drug-likeness (QED) is 0.785. The molecule has 2 rings (SSSR count). The summed E-state index contributed by atoms with van der Waals surface area (Å²) in [6, 6.07) is 2.13. The van der Waals surface area contributed by atoms with Gasteiger partial charge in [0.05, 0.1) is 10.2 Å². The van der Waals surface area contributed by atoms with E-state index in [4.69, 9.17) is 5.73 Å². The molecule has 0 radical (unpaired) electrons. The molecule has 1 fully saturated rings. The van der Waals surface area contributed by atoms with Crippen LogP contribution in [0.3, 0.4) is 0 Å². The third-order valence-electron chi connectivity index (χ3n) is 2.81. The van der Waals surface area contributed by atoms with Crippen molar-refractivity contribution >= 4 is 42.4 Å². The minimum Gasteiger partial charge on any atom is -0.398 e. The van der Waals surface area contributed by atoms with Crippen molar-refractivity contribution in [3.63, 3.8) is 0 Å². The summed E-state index contributed by atoms with van der Waals surface area (Å²) in [5.41, 5.74) is 5.45. The summed E-state index contributed by atoms with van der Waals surface area (Å²) in [5.74, 6) is -0.000546. The van der Waals surface area contributed by atoms with Crippen LogP contribution in [0.5, 0.6) is 0 Å². The average Bonchev–Trinajstić information content (AvgIpc) is 2.34. The van der Waals surface area contributed by atoms with Gasteiger partial charge in [-0.25, -0.2) is 12.8 Å². The number of benzene rings is 1. The Kier molecular flexibility index (Phi) is 4.29. The predicted molar refractivity (Wildman–Crippen MR) is 75.1 cm³/mol. The van der Waals surface area contributed by atoms with Crippen molar-refractivity contribution in [2.24, 2.45) is 0 Å². The van der Waals surface area contributed by atoms with Gasteiger partial charge in [-0.05, 0) is 28.1 Å². The minimum atomic E-state index is -3.78. The van der Waals surface area contributed by atoms with Gasteiger partial charge in [0.25, 0.3) is 0 Å². The fourth-order valence-electron chi connectivity index (χ4n) is 1.77. The monoisotopic (exact) mass is 370 g/mol. The van der Waals surface area contributed by atoms with Crippen molar-refractivity contribution in [3.8, 4) is 0 Å². The van der Waals surface area contributed by atoms with E-state index >= 15 is 0 Å². The number of hydrogen-bond acceptors (Lipinski definition) is 4. The van der Waals surface area contributed by atoms with Gasteiger partial charge in [-0.1, -0.05) is 0 Å². The summed E-state index contributed by atoms with van der Waals surface area (Å²) in [4.78, 5) is -0.131. The van der Waals surface area contributed by atoms with Crippen LogP contribution in [0, 0.1) is 5.82 Å². The third-order valence-corrected chi connectivity index (χ3v) is 6.65. The van der Waals surface area contributed by atoms with Crippen LogP contribution in [0.1, 0.15) is 0 Å². The lowest BCUT2D eigenvalue weighted by Crippen LogP contribution is -2.41. The number of anilines is 1. The first kappa shape index (κ1) is 14.9. The van der Waals surface area contributed by atoms with Crippen LogP contribution in [0.4, 0.5) is 10.1 Å². The third kappa shape index (κ3) is 2.99. The zero-order chi connectivity index (χ0) is 14.2. The van der Waals surface area contributed by atoms with Crippen LogP contribution in [-0.4, -0.2) is 41.5 Å². The summed E-state index contributed by atoms with van der Waals surface area (Å²) < 4.78 is 50.5. The lowest BCUT2D eigenvalue weighted by Gasteiger charge is -2.26. The first-order valence-corrected chi connectivity index (χ1v) is 9.14. The van der Waals surface area contributed by atoms with E-state index in [-0.39, 0.29) is 28.1 Å². The number of nitrogens with zero attached hydrogens (tertiary/aromatic N) is 1. The van der Waals surface area contributed by atoms with Crippen molar-refractivity contribution in [2.45, 2.75) is 4.90 Å². The second-order valence-electron chi connectivity index (χ2n) is 4.06. The highest BCUT2D eigenvalue weighted by molar-refractivity contribution is 9.10. The summed E-state index contributed by atoms with van der Waals surface area (Å²) in [6.07, 6.45) is 0. The van der Waals surface area contributed by atoms with Crippen molar-refractivity contribution in [2.75, 3.05) is 30.3 Å². The van der Waals surface area contributed by atoms with Gasteiger partial charge in [-0.3, -0.25) is 4.21 Å². The summed E-state index contributed by atoms with van der Waals surface area (Å²) in [5, 5.41) is 0. The van der Waals surface area contributed by atoms with Gasteiger partial charge in [0.2, 0.25) is 10.0 Å². The zero-order valence-corrected chi connectivity index (χ0v) is 13.0. The van der Waals surface area contributed by atoms with Gasteiger partial charge in [0.1, 0.15) is 10.7 Å². The molecule has 0 atom stereocenters. The fraction of sp³-hybridized carbons (Fsp3) is 0.400. The zero-order valence-electron chi connectivity index (χ0n) is 9.80. The van der Waals surface area contributed by atoms with Gasteiger partial charge >= 0.3 is 0 Å². The second-order valence-corrected chi connectivity index (χ2v) is 8.51. The molecule has 0 amide bonds. The normalized spacial score (nSPS) is 18.6. The first-order valence-electron chi connectivity index (χ1n) is 5.42. The molecule has 1 aromatic carbocycles. The van der Waals surface area contributed by atoms with E-state index < -0.39 is 26.6 Å². The first-order chi connectivity index (χ1) is 8.82. The Morgan fingerprint density at radius 2 is 1.89 bits per heavy atom. The molecule has 9 heteroatoms. The molecule has 1 aromatic rings. The van der Waals surface area contributed by atoms with Gasteiger partial charge in [0.15, 0.2) is 0 Å². The second kappa shape index (κ2) is 5.47. The molecule has 5 nitrogen and oxygen atoms in total. The van der Waals surface area contributed by atoms with Gasteiger partial charge in [-0.15, -0.1) is 0 Å². The minimum absolute atomic E-state index is 0.0425. The maximum absolute atomic E-state index is 13.3. The number of sulfonamides is 1. The summed E-state index contributed by atoms with van der Waals surface area (Å²) in [6.45, 7) is 0.368. The molecular weight excluding hydrogens is 359 g/mol. The lowest BCUT2D eigenvalue weighted by atomic mass is 10.3. The van der Waals surface area contributed by atoms with Crippen LogP contribution >= 0.6 is 15.9 Å². The molecule has 0 bridgehead atoms. The van der Waals surface area contributed by atoms with Crippen molar-refractivity contribution < 1.29 is 17.0 Å². The molecule has 1 aliphatic rings. The van der Waals surface area contributed by atoms with Crippen molar-refractivity contribution in [1.82, 2.24) is 4.31 Å². The summed E-state index contributed by atoms with van der Waals surface area (Å²) in [7, 11) is -4.75. The Bertz CT molecular complexity index is 626. The largest absolute Gasteiger partial charge is 0.398 e. The fourth-order valence-corrected chi connectivity index (χ4v) is 5.11. The molecule has 2 N–H and O–H groups in total. The Balaban J connectivity index is 2.40. The summed E-state index contributed by atoms with van der Waals surface area (Å²) >= 11 is 2.94. The Morgan fingerprint density at radius 3 is 2.47 bits per heavy atom. The van der Waals surface area contributed by atoms with Crippen LogP contribution in [0.2, 0.25) is 0 Å². The van der Waals surface area contributed by atoms with Gasteiger partial charge in [0, 0.05) is 35.4 Å². The maximum atomic E-state index is 13.3. The van der Waals surface area contributed by atoms with Crippen molar-refractivity contribution in [3.05, 3.63) is 22.4 Å². The number of rotatable bonds is 2. The number of hydrogen-bond donors (Lipinski definition) is 1. The number of nitrogens with two attached hydrogens (primary N) is 1. The highest BCUT2D eigenvalue weighted by Crippen LogP contribution is 2.28. The van der Waals surface area contributed by atoms with E-state index in [0.717, 1.165) is 12.1 Å². The van der Waals surface area contributed by atoms with Crippen LogP contribution in [0.15, 0.2) is 21.5 Å². The molecule has 1 aliphatic heterocycles. The SMILES string of the molecule is Nc1cc(F)c(Br)cc1S(=O)(=O)N1CCS(=O)CC1. The van der Waals surface area contributed by atoms with Gasteiger partial charge < -0.3 is 5.73 Å². The van der Waals surface area contributed by atoms with E-state index in [0.29, 0.717) is 11.5 Å². The van der Waals surface area contributed by atoms with Gasteiger partial charge in [-0.2, -0.15) is 4.31 Å². The average molecular weight is 371 g/mol. The van der Waals surface area contributed by atoms with E-state index in [2.05, 4.69) is 15.9 Å². The van der Waals surface area contributed by atoms with Crippen LogP contribution in [-0.2, 0) is 20.8 Å². The Labute approximate surface area is 121 Å². The molecule has 19 heavy (non-hydrogen) atoms. The standard InChI is InChI=1S/C10H12BrFN2O3S2/c11-7-5-10(9(13)6-8(7)12)19(16,17)14-1-3-18(15)4-2-14/h5-6H,1-4,13H2. The molecule has 0 aliphatic carbocycles. The highest BCUT2D eigenvalue weighted by atomic mass is 79.9. The molecule has 1 heterocycles. The van der Waals surface area contributed by atoms with Crippen molar-refractivity contribution in [1.29, 1.82) is 0 Å². The molecule has 0 spiro atoms. The molecule has 106 valence electrons. The number of nitrogen functional groups attached to an aromatic ring is 1. The Morgan fingerprint density at radius 1 is 1.32 bits per heavy atom. The van der Waals surface area contributed by atoms with E-state index in [1.807, 2.05) is 0 Å². The molecule has 0 aromatic heterocycles. The topological polar surface area (TPSA) is 80.5 Å². The molecular formula is C10H12BrFN2O3S2. The van der Waals surface area contributed by atoms with Crippen LogP contribution in [0.25, 0.3) is 0 Å². The van der Waals surface area contributed by atoms with Crippen LogP contribution < -0.4 is 5.73 Å². The molecule has 1 saturated heterocycles. The smallest absolute Gasteiger partial charge is 0.245 e. The Hall–Kier alpha value is -0.510. The highest BCUT2D eigenvalue weighted by Gasteiger charge is 2.30. The maximum Gasteiger partial charge on any atom is 0.245 e. The van der Waals surface area contributed by atoms with E-state index in [9.17, 15) is 17.0 Å². The molecule has 0 saturated carbocycles.